The maximum Gasteiger partial charge on any atom is 0.355 e. The molecule has 0 radical (unpaired) electrons. The summed E-state index contributed by atoms with van der Waals surface area (Å²) in [6.45, 7) is 5.21. The predicted octanol–water partition coefficient (Wildman–Crippen LogP) is 2.06. The van der Waals surface area contributed by atoms with Gasteiger partial charge >= 0.3 is 5.97 Å². The molecule has 1 saturated heterocycles. The Morgan fingerprint density at radius 2 is 1.92 bits per heavy atom. The molecule has 0 aliphatic carbocycles. The molecule has 1 aliphatic heterocycles. The van der Waals surface area contributed by atoms with Gasteiger partial charge < -0.3 is 24.5 Å². The van der Waals surface area contributed by atoms with E-state index in [2.05, 4.69) is 9.97 Å². The van der Waals surface area contributed by atoms with Crippen LogP contribution < -0.4 is 14.8 Å². The molecule has 9 heteroatoms. The molecule has 2 aromatic heterocycles. The molecule has 0 bridgehead atoms. The Labute approximate surface area is 208 Å². The fraction of sp³-hybridized carbons (Fsp3) is 0.259. The zero-order valence-electron chi connectivity index (χ0n) is 20.5. The number of ether oxygens (including phenoxy) is 2. The van der Waals surface area contributed by atoms with Gasteiger partial charge in [-0.2, -0.15) is 0 Å². The molecule has 0 spiro atoms. The van der Waals surface area contributed by atoms with Crippen molar-refractivity contribution in [3.8, 4) is 5.75 Å². The zero-order chi connectivity index (χ0) is 26.0. The van der Waals surface area contributed by atoms with Gasteiger partial charge in [0.2, 0.25) is 5.78 Å². The molecule has 1 atom stereocenters. The Balaban J connectivity index is 1.93. The van der Waals surface area contributed by atoms with Crippen LogP contribution in [0, 0.1) is 13.8 Å². The number of esters is 1. The summed E-state index contributed by atoms with van der Waals surface area (Å²) in [4.78, 5) is 46.3. The van der Waals surface area contributed by atoms with Crippen molar-refractivity contribution in [1.82, 2.24) is 9.88 Å². The van der Waals surface area contributed by atoms with Gasteiger partial charge in [0, 0.05) is 28.5 Å². The summed E-state index contributed by atoms with van der Waals surface area (Å²) >= 11 is 0. The number of likely N-dealkylation sites (tertiary alicyclic amines) is 1. The summed E-state index contributed by atoms with van der Waals surface area (Å²) in [5, 5.41) is 14.0. The van der Waals surface area contributed by atoms with E-state index in [1.54, 1.807) is 63.5 Å². The molecule has 4 rings (SSSR count). The van der Waals surface area contributed by atoms with Gasteiger partial charge in [-0.25, -0.2) is 9.78 Å². The van der Waals surface area contributed by atoms with Crippen LogP contribution in [-0.2, 0) is 20.9 Å². The molecular weight excluding hydrogens is 462 g/mol. The van der Waals surface area contributed by atoms with Crippen molar-refractivity contribution >= 4 is 23.4 Å². The number of aryl methyl sites for hydroxylation is 1. The second-order valence-corrected chi connectivity index (χ2v) is 8.41. The minimum atomic E-state index is -0.978. The van der Waals surface area contributed by atoms with Crippen LogP contribution in [0.5, 0.6) is 5.75 Å². The maximum atomic E-state index is 14.0. The van der Waals surface area contributed by atoms with Crippen LogP contribution in [0.3, 0.4) is 0 Å². The number of benzene rings is 1. The van der Waals surface area contributed by atoms with Gasteiger partial charge in [-0.15, -0.1) is 0 Å². The molecule has 1 aliphatic rings. The summed E-state index contributed by atoms with van der Waals surface area (Å²) in [6, 6.07) is 9.60. The SMILES string of the molecule is CCOC(=O)c1[nH]c(C)c(C([O-])=C2C(=O)C(=O)N(Cc3ccc[nH+]c3)C2c2ccccc2OC)c1C. The number of rotatable bonds is 7. The van der Waals surface area contributed by atoms with Crippen molar-refractivity contribution < 1.29 is 33.9 Å². The van der Waals surface area contributed by atoms with Crippen molar-refractivity contribution in [3.05, 3.63) is 88.0 Å². The second kappa shape index (κ2) is 10.1. The number of ketones is 1. The number of H-pyrrole nitrogens is 2. The first kappa shape index (κ1) is 24.7. The topological polar surface area (TPSA) is 126 Å². The standard InChI is InChI=1S/C27H27N3O6/c1-5-36-27(34)22-15(2)20(16(3)29-22)24(31)21-23(18-10-6-7-11-19(18)35-4)30(26(33)25(21)32)14-17-9-8-12-28-13-17/h6-13,23,29,31H,5,14H2,1-4H3. The number of carbonyl (C=O) groups excluding carboxylic acids is 3. The van der Waals surface area contributed by atoms with Crippen LogP contribution in [0.4, 0.5) is 0 Å². The number of amides is 1. The third-order valence-corrected chi connectivity index (χ3v) is 6.23. The highest BCUT2D eigenvalue weighted by atomic mass is 16.5. The molecule has 1 fully saturated rings. The second-order valence-electron chi connectivity index (χ2n) is 8.41. The Kier molecular flexibility index (Phi) is 6.91. The van der Waals surface area contributed by atoms with Crippen molar-refractivity contribution in [1.29, 1.82) is 0 Å². The highest BCUT2D eigenvalue weighted by Gasteiger charge is 2.45. The van der Waals surface area contributed by atoms with E-state index in [1.165, 1.54) is 12.0 Å². The number of carbonyl (C=O) groups is 3. The molecule has 0 saturated carbocycles. The molecule has 1 amide bonds. The van der Waals surface area contributed by atoms with E-state index in [-0.39, 0.29) is 30.0 Å². The fourth-order valence-electron chi connectivity index (χ4n) is 4.61. The molecular formula is C27H27N3O6. The molecule has 9 nitrogen and oxygen atoms in total. The first-order valence-electron chi connectivity index (χ1n) is 11.5. The molecule has 1 aromatic carbocycles. The Morgan fingerprint density at radius 3 is 2.58 bits per heavy atom. The highest BCUT2D eigenvalue weighted by molar-refractivity contribution is 6.46. The average molecular weight is 490 g/mol. The predicted molar refractivity (Wildman–Crippen MR) is 127 cm³/mol. The van der Waals surface area contributed by atoms with E-state index in [0.717, 1.165) is 5.56 Å². The summed E-state index contributed by atoms with van der Waals surface area (Å²) in [6.07, 6.45) is 3.46. The number of aromatic nitrogens is 2. The van der Waals surface area contributed by atoms with Gasteiger partial charge in [-0.05, 0) is 44.0 Å². The first-order valence-corrected chi connectivity index (χ1v) is 11.5. The Morgan fingerprint density at radius 1 is 1.17 bits per heavy atom. The van der Waals surface area contributed by atoms with Gasteiger partial charge in [0.05, 0.1) is 26.3 Å². The van der Waals surface area contributed by atoms with Crippen molar-refractivity contribution in [3.63, 3.8) is 0 Å². The van der Waals surface area contributed by atoms with Crippen LogP contribution in [-0.4, -0.2) is 41.3 Å². The summed E-state index contributed by atoms with van der Waals surface area (Å²) < 4.78 is 10.6. The van der Waals surface area contributed by atoms with E-state index < -0.39 is 29.5 Å². The van der Waals surface area contributed by atoms with Crippen LogP contribution in [0.1, 0.15) is 51.4 Å². The van der Waals surface area contributed by atoms with Crippen LogP contribution >= 0.6 is 0 Å². The van der Waals surface area contributed by atoms with E-state index in [1.807, 2.05) is 6.07 Å². The van der Waals surface area contributed by atoms with Gasteiger partial charge in [0.15, 0.2) is 12.4 Å². The number of nitrogens with one attached hydrogen (secondary N) is 2. The number of nitrogens with zero attached hydrogens (tertiary/aromatic N) is 1. The number of aromatic amines is 2. The summed E-state index contributed by atoms with van der Waals surface area (Å²) in [7, 11) is 1.49. The number of methoxy groups -OCH3 is 1. The lowest BCUT2D eigenvalue weighted by Gasteiger charge is -2.28. The van der Waals surface area contributed by atoms with Crippen molar-refractivity contribution in [2.75, 3.05) is 13.7 Å². The van der Waals surface area contributed by atoms with Crippen molar-refractivity contribution in [2.24, 2.45) is 0 Å². The number of hydrogen-bond donors (Lipinski definition) is 1. The highest BCUT2D eigenvalue weighted by Crippen LogP contribution is 2.43. The normalized spacial score (nSPS) is 16.9. The van der Waals surface area contributed by atoms with Crippen LogP contribution in [0.2, 0.25) is 0 Å². The lowest BCUT2D eigenvalue weighted by Crippen LogP contribution is -2.29. The average Bonchev–Trinajstić information content (AvgIpc) is 3.31. The van der Waals surface area contributed by atoms with Gasteiger partial charge in [-0.3, -0.25) is 9.59 Å². The number of pyridine rings is 1. The molecule has 1 unspecified atom stereocenters. The summed E-state index contributed by atoms with van der Waals surface area (Å²) in [5.41, 5.74) is 2.15. The zero-order valence-corrected chi connectivity index (χ0v) is 20.5. The van der Waals surface area contributed by atoms with Crippen molar-refractivity contribution in [2.45, 2.75) is 33.4 Å². The quantitative estimate of drug-likeness (QED) is 0.234. The van der Waals surface area contributed by atoms with E-state index in [0.29, 0.717) is 22.6 Å². The lowest BCUT2D eigenvalue weighted by atomic mass is 9.93. The lowest BCUT2D eigenvalue weighted by molar-refractivity contribution is -0.378. The smallest absolute Gasteiger partial charge is 0.355 e. The van der Waals surface area contributed by atoms with Gasteiger partial charge in [0.25, 0.3) is 5.91 Å². The van der Waals surface area contributed by atoms with E-state index in [9.17, 15) is 19.5 Å². The largest absolute Gasteiger partial charge is 0.872 e. The number of hydrogen-bond acceptors (Lipinski definition) is 6. The Bertz CT molecular complexity index is 1360. The molecule has 186 valence electrons. The maximum absolute atomic E-state index is 14.0. The minimum Gasteiger partial charge on any atom is -0.872 e. The summed E-state index contributed by atoms with van der Waals surface area (Å²) in [5.74, 6) is -2.44. The fourth-order valence-corrected chi connectivity index (χ4v) is 4.61. The van der Waals surface area contributed by atoms with Crippen LogP contribution in [0.15, 0.2) is 54.4 Å². The molecule has 3 heterocycles. The Hall–Kier alpha value is -4.40. The van der Waals surface area contributed by atoms with E-state index >= 15 is 0 Å². The monoisotopic (exact) mass is 489 g/mol. The molecule has 3 aromatic rings. The third-order valence-electron chi connectivity index (χ3n) is 6.23. The van der Waals surface area contributed by atoms with E-state index in [4.69, 9.17) is 9.47 Å². The molecule has 36 heavy (non-hydrogen) atoms. The molecule has 2 N–H and O–H groups in total. The van der Waals surface area contributed by atoms with Gasteiger partial charge in [-0.1, -0.05) is 24.0 Å². The number of para-hydroxylation sites is 1. The van der Waals surface area contributed by atoms with Crippen LogP contribution in [0.25, 0.3) is 5.76 Å². The minimum absolute atomic E-state index is 0.0978. The third kappa shape index (κ3) is 4.24. The number of Topliss-reactive ketones (excluding diaryl/α,β-unsaturated/α-hetero) is 1. The van der Waals surface area contributed by atoms with Gasteiger partial charge in [0.1, 0.15) is 11.4 Å². The first-order chi connectivity index (χ1) is 17.3.